The summed E-state index contributed by atoms with van der Waals surface area (Å²) >= 11 is 0. The minimum absolute atomic E-state index is 0. The fourth-order valence-corrected chi connectivity index (χ4v) is 2.85. The molecule has 0 bridgehead atoms. The van der Waals surface area contributed by atoms with Gasteiger partial charge in [0.05, 0.1) is 11.4 Å². The molecule has 1 aromatic rings. The minimum Gasteiger partial charge on any atom is -0.371 e. The number of fused-ring (bicyclic) bond motifs is 1. The number of rotatable bonds is 2. The molecular formula is C15H23Cl2N3O. The van der Waals surface area contributed by atoms with Crippen LogP contribution in [0.15, 0.2) is 24.3 Å². The molecular weight excluding hydrogens is 309 g/mol. The van der Waals surface area contributed by atoms with Crippen molar-refractivity contribution in [1.29, 1.82) is 0 Å². The lowest BCUT2D eigenvalue weighted by Gasteiger charge is -2.39. The molecule has 1 saturated heterocycles. The molecule has 0 radical (unpaired) electrons. The zero-order valence-electron chi connectivity index (χ0n) is 12.4. The average molecular weight is 332 g/mol. The first-order chi connectivity index (χ1) is 9.18. The van der Waals surface area contributed by atoms with Gasteiger partial charge in [-0.3, -0.25) is 4.79 Å². The molecule has 1 amide bonds. The van der Waals surface area contributed by atoms with E-state index >= 15 is 0 Å². The second-order valence-electron chi connectivity index (χ2n) is 5.61. The Morgan fingerprint density at radius 2 is 1.81 bits per heavy atom. The van der Waals surface area contributed by atoms with Gasteiger partial charge in [0.25, 0.3) is 0 Å². The number of nitrogens with one attached hydrogen (secondary N) is 1. The SMILES string of the molecule is CC(C(=O)N1CCN(C)c2ccccc21)C1CNC1.Cl.Cl. The van der Waals surface area contributed by atoms with Crippen LogP contribution in [0.2, 0.25) is 0 Å². The van der Waals surface area contributed by atoms with Crippen molar-refractivity contribution in [3.8, 4) is 0 Å². The number of carbonyl (C=O) groups excluding carboxylic acids is 1. The quantitative estimate of drug-likeness (QED) is 0.902. The van der Waals surface area contributed by atoms with Crippen LogP contribution in [0, 0.1) is 11.8 Å². The molecule has 0 spiro atoms. The molecule has 2 aliphatic rings. The molecule has 2 heterocycles. The highest BCUT2D eigenvalue weighted by molar-refractivity contribution is 5.99. The molecule has 0 saturated carbocycles. The highest BCUT2D eigenvalue weighted by Crippen LogP contribution is 2.33. The van der Waals surface area contributed by atoms with Crippen molar-refractivity contribution in [3.63, 3.8) is 0 Å². The monoisotopic (exact) mass is 331 g/mol. The first kappa shape index (κ1) is 18.1. The number of para-hydroxylation sites is 2. The van der Waals surface area contributed by atoms with Gasteiger partial charge in [-0.25, -0.2) is 0 Å². The van der Waals surface area contributed by atoms with Gasteiger partial charge in [-0.1, -0.05) is 19.1 Å². The van der Waals surface area contributed by atoms with Gasteiger partial charge in [0.1, 0.15) is 0 Å². The maximum atomic E-state index is 12.7. The number of nitrogens with zero attached hydrogens (tertiary/aromatic N) is 2. The predicted molar refractivity (Wildman–Crippen MR) is 92.1 cm³/mol. The third kappa shape index (κ3) is 3.28. The molecule has 1 N–H and O–H groups in total. The van der Waals surface area contributed by atoms with Gasteiger partial charge >= 0.3 is 0 Å². The van der Waals surface area contributed by atoms with Crippen molar-refractivity contribution in [2.24, 2.45) is 11.8 Å². The fraction of sp³-hybridized carbons (Fsp3) is 0.533. The van der Waals surface area contributed by atoms with Gasteiger partial charge in [-0.2, -0.15) is 0 Å². The second-order valence-corrected chi connectivity index (χ2v) is 5.61. The molecule has 1 unspecified atom stereocenters. The van der Waals surface area contributed by atoms with Gasteiger partial charge in [0.15, 0.2) is 0 Å². The van der Waals surface area contributed by atoms with Gasteiger partial charge < -0.3 is 15.1 Å². The van der Waals surface area contributed by atoms with Crippen LogP contribution >= 0.6 is 24.8 Å². The Balaban J connectivity index is 0.00000110. The van der Waals surface area contributed by atoms with E-state index in [1.165, 1.54) is 0 Å². The van der Waals surface area contributed by atoms with Crippen molar-refractivity contribution in [2.45, 2.75) is 6.92 Å². The summed E-state index contributed by atoms with van der Waals surface area (Å²) in [7, 11) is 2.08. The first-order valence-electron chi connectivity index (χ1n) is 7.00. The van der Waals surface area contributed by atoms with Gasteiger partial charge in [0.2, 0.25) is 5.91 Å². The molecule has 3 rings (SSSR count). The standard InChI is InChI=1S/C15H21N3O.2ClH/c1-11(12-9-16-10-12)15(19)18-8-7-17(2)13-5-3-4-6-14(13)18;;/h3-6,11-12,16H,7-10H2,1-2H3;2*1H. The number of hydrogen-bond acceptors (Lipinski definition) is 3. The zero-order valence-corrected chi connectivity index (χ0v) is 14.0. The van der Waals surface area contributed by atoms with Crippen LogP contribution in [-0.4, -0.2) is 39.1 Å². The van der Waals surface area contributed by atoms with Gasteiger partial charge in [0, 0.05) is 26.1 Å². The summed E-state index contributed by atoms with van der Waals surface area (Å²) in [4.78, 5) is 16.9. The van der Waals surface area contributed by atoms with E-state index in [1.54, 1.807) is 0 Å². The Morgan fingerprint density at radius 3 is 2.38 bits per heavy atom. The summed E-state index contributed by atoms with van der Waals surface area (Å²) in [6, 6.07) is 8.18. The largest absolute Gasteiger partial charge is 0.371 e. The lowest BCUT2D eigenvalue weighted by atomic mass is 9.87. The molecule has 0 aromatic heterocycles. The number of carbonyl (C=O) groups is 1. The molecule has 2 aliphatic heterocycles. The van der Waals surface area contributed by atoms with E-state index in [1.807, 2.05) is 17.0 Å². The number of benzene rings is 1. The summed E-state index contributed by atoms with van der Waals surface area (Å²) in [5, 5.41) is 3.25. The molecule has 1 fully saturated rings. The highest BCUT2D eigenvalue weighted by Gasteiger charge is 2.34. The Hall–Kier alpha value is -0.970. The maximum Gasteiger partial charge on any atom is 0.230 e. The molecule has 1 atom stereocenters. The molecule has 1 aromatic carbocycles. The van der Waals surface area contributed by atoms with Crippen LogP contribution in [0.25, 0.3) is 0 Å². The van der Waals surface area contributed by atoms with E-state index in [9.17, 15) is 4.79 Å². The van der Waals surface area contributed by atoms with Crippen LogP contribution in [0.1, 0.15) is 6.92 Å². The Kier molecular flexibility index (Phi) is 6.32. The Morgan fingerprint density at radius 1 is 1.19 bits per heavy atom. The van der Waals surface area contributed by atoms with E-state index in [2.05, 4.69) is 36.3 Å². The highest BCUT2D eigenvalue weighted by atomic mass is 35.5. The van der Waals surface area contributed by atoms with Crippen LogP contribution in [-0.2, 0) is 4.79 Å². The first-order valence-corrected chi connectivity index (χ1v) is 7.00. The van der Waals surface area contributed by atoms with Crippen LogP contribution in [0.3, 0.4) is 0 Å². The molecule has 6 heteroatoms. The molecule has 118 valence electrons. The summed E-state index contributed by atoms with van der Waals surface area (Å²) in [5.74, 6) is 0.879. The van der Waals surface area contributed by atoms with Crippen molar-refractivity contribution in [3.05, 3.63) is 24.3 Å². The second kappa shape index (κ2) is 7.34. The number of halogens is 2. The molecule has 21 heavy (non-hydrogen) atoms. The van der Waals surface area contributed by atoms with Crippen LogP contribution in [0.5, 0.6) is 0 Å². The Labute approximate surface area is 138 Å². The van der Waals surface area contributed by atoms with E-state index in [-0.39, 0.29) is 36.6 Å². The van der Waals surface area contributed by atoms with Crippen molar-refractivity contribution in [1.82, 2.24) is 5.32 Å². The number of anilines is 2. The topological polar surface area (TPSA) is 35.6 Å². The van der Waals surface area contributed by atoms with Gasteiger partial charge in [-0.05, 0) is 31.1 Å². The average Bonchev–Trinajstić information content (AvgIpc) is 2.37. The van der Waals surface area contributed by atoms with Crippen molar-refractivity contribution < 1.29 is 4.79 Å². The summed E-state index contributed by atoms with van der Waals surface area (Å²) in [5.41, 5.74) is 2.21. The normalized spacial score (nSPS) is 18.8. The van der Waals surface area contributed by atoms with Gasteiger partial charge in [-0.15, -0.1) is 24.8 Å². The summed E-state index contributed by atoms with van der Waals surface area (Å²) in [6.07, 6.45) is 0. The summed E-state index contributed by atoms with van der Waals surface area (Å²) < 4.78 is 0. The predicted octanol–water partition coefficient (Wildman–Crippen LogP) is 2.17. The number of amides is 1. The van der Waals surface area contributed by atoms with E-state index in [0.29, 0.717) is 5.92 Å². The molecule has 4 nitrogen and oxygen atoms in total. The van der Waals surface area contributed by atoms with E-state index < -0.39 is 0 Å². The Bertz CT molecular complexity index is 494. The minimum atomic E-state index is 0. The summed E-state index contributed by atoms with van der Waals surface area (Å²) in [6.45, 7) is 5.70. The lowest BCUT2D eigenvalue weighted by Crippen LogP contribution is -2.52. The van der Waals surface area contributed by atoms with Crippen molar-refractivity contribution >= 4 is 42.1 Å². The van der Waals surface area contributed by atoms with Crippen LogP contribution in [0.4, 0.5) is 11.4 Å². The number of likely N-dealkylation sites (N-methyl/N-ethyl adjacent to an activating group) is 1. The third-order valence-corrected chi connectivity index (χ3v) is 4.42. The van der Waals surface area contributed by atoms with E-state index in [0.717, 1.165) is 37.6 Å². The van der Waals surface area contributed by atoms with Crippen LogP contribution < -0.4 is 15.1 Å². The fourth-order valence-electron chi connectivity index (χ4n) is 2.85. The van der Waals surface area contributed by atoms with E-state index in [4.69, 9.17) is 0 Å². The zero-order chi connectivity index (χ0) is 13.4. The maximum absolute atomic E-state index is 12.7. The van der Waals surface area contributed by atoms with Crippen molar-refractivity contribution in [2.75, 3.05) is 43.0 Å². The molecule has 0 aliphatic carbocycles. The third-order valence-electron chi connectivity index (χ3n) is 4.42. The lowest BCUT2D eigenvalue weighted by molar-refractivity contribution is -0.124. The number of hydrogen-bond donors (Lipinski definition) is 1. The smallest absolute Gasteiger partial charge is 0.230 e.